The van der Waals surface area contributed by atoms with Crippen molar-refractivity contribution in [2.24, 2.45) is 4.99 Å². The SMILES string of the molecule is CCNC(=NCc1nc(C)c(C)o1)NCCCCOc1ccc(C)cc1. The summed E-state index contributed by atoms with van der Waals surface area (Å²) in [4.78, 5) is 8.87. The van der Waals surface area contributed by atoms with E-state index in [1.807, 2.05) is 32.9 Å². The molecule has 26 heavy (non-hydrogen) atoms. The molecule has 0 saturated carbocycles. The lowest BCUT2D eigenvalue weighted by molar-refractivity contribution is 0.307. The maximum atomic E-state index is 5.74. The van der Waals surface area contributed by atoms with E-state index in [2.05, 4.69) is 39.7 Å². The first-order chi connectivity index (χ1) is 12.6. The molecule has 6 heteroatoms. The Hall–Kier alpha value is -2.50. The van der Waals surface area contributed by atoms with Crippen molar-refractivity contribution < 1.29 is 9.15 Å². The molecule has 1 aromatic carbocycles. The lowest BCUT2D eigenvalue weighted by Crippen LogP contribution is -2.37. The lowest BCUT2D eigenvalue weighted by Gasteiger charge is -2.11. The molecule has 0 fully saturated rings. The van der Waals surface area contributed by atoms with Gasteiger partial charge < -0.3 is 19.8 Å². The van der Waals surface area contributed by atoms with Crippen molar-refractivity contribution in [1.29, 1.82) is 0 Å². The summed E-state index contributed by atoms with van der Waals surface area (Å²) in [7, 11) is 0. The fourth-order valence-corrected chi connectivity index (χ4v) is 2.35. The maximum Gasteiger partial charge on any atom is 0.216 e. The molecule has 0 atom stereocenters. The molecule has 2 rings (SSSR count). The summed E-state index contributed by atoms with van der Waals surface area (Å²) in [6.45, 7) is 10.8. The van der Waals surface area contributed by atoms with Gasteiger partial charge in [0, 0.05) is 13.1 Å². The van der Waals surface area contributed by atoms with Gasteiger partial charge in [0.05, 0.1) is 12.3 Å². The Morgan fingerprint density at radius 3 is 2.54 bits per heavy atom. The molecular formula is C20H30N4O2. The molecule has 142 valence electrons. The number of guanidine groups is 1. The fourth-order valence-electron chi connectivity index (χ4n) is 2.35. The number of aromatic nitrogens is 1. The quantitative estimate of drug-likeness (QED) is 0.408. The molecule has 0 aliphatic rings. The van der Waals surface area contributed by atoms with E-state index in [0.717, 1.165) is 49.1 Å². The second-order valence-electron chi connectivity index (χ2n) is 6.24. The Balaban J connectivity index is 1.67. The van der Waals surface area contributed by atoms with Crippen LogP contribution in [0.4, 0.5) is 0 Å². The number of nitrogens with one attached hydrogen (secondary N) is 2. The standard InChI is InChI=1S/C20H30N4O2/c1-5-21-20(23-14-19-24-16(3)17(4)26-19)22-12-6-7-13-25-18-10-8-15(2)9-11-18/h8-11H,5-7,12-14H2,1-4H3,(H2,21,22,23). The number of aliphatic imine (C=N–C) groups is 1. The highest BCUT2D eigenvalue weighted by molar-refractivity contribution is 5.79. The zero-order valence-electron chi connectivity index (χ0n) is 16.3. The van der Waals surface area contributed by atoms with Crippen LogP contribution in [0.3, 0.4) is 0 Å². The molecule has 0 aliphatic heterocycles. The largest absolute Gasteiger partial charge is 0.494 e. The third-order valence-electron chi connectivity index (χ3n) is 3.94. The number of nitrogens with zero attached hydrogens (tertiary/aromatic N) is 2. The highest BCUT2D eigenvalue weighted by atomic mass is 16.5. The topological polar surface area (TPSA) is 71.7 Å². The van der Waals surface area contributed by atoms with Crippen LogP contribution in [0, 0.1) is 20.8 Å². The van der Waals surface area contributed by atoms with Crippen LogP contribution < -0.4 is 15.4 Å². The molecule has 6 nitrogen and oxygen atoms in total. The van der Waals surface area contributed by atoms with Crippen LogP contribution in [0.5, 0.6) is 5.75 Å². The van der Waals surface area contributed by atoms with E-state index < -0.39 is 0 Å². The number of oxazole rings is 1. The molecule has 0 bridgehead atoms. The van der Waals surface area contributed by atoms with Crippen LogP contribution in [0.2, 0.25) is 0 Å². The summed E-state index contributed by atoms with van der Waals surface area (Å²) in [5.74, 6) is 3.20. The second kappa shape index (κ2) is 10.5. The maximum absolute atomic E-state index is 5.74. The van der Waals surface area contributed by atoms with Gasteiger partial charge in [0.2, 0.25) is 5.89 Å². The van der Waals surface area contributed by atoms with E-state index in [4.69, 9.17) is 9.15 Å². The van der Waals surface area contributed by atoms with Crippen molar-refractivity contribution in [1.82, 2.24) is 15.6 Å². The molecule has 0 spiro atoms. The van der Waals surface area contributed by atoms with Gasteiger partial charge in [0.15, 0.2) is 5.96 Å². The van der Waals surface area contributed by atoms with Crippen LogP contribution in [0.15, 0.2) is 33.7 Å². The van der Waals surface area contributed by atoms with Crippen molar-refractivity contribution >= 4 is 5.96 Å². The van der Waals surface area contributed by atoms with Crippen molar-refractivity contribution in [3.05, 3.63) is 47.2 Å². The highest BCUT2D eigenvalue weighted by Crippen LogP contribution is 2.11. The number of ether oxygens (including phenoxy) is 1. The van der Waals surface area contributed by atoms with E-state index >= 15 is 0 Å². The van der Waals surface area contributed by atoms with Crippen molar-refractivity contribution in [2.45, 2.75) is 47.1 Å². The molecule has 0 aliphatic carbocycles. The van der Waals surface area contributed by atoms with Crippen LogP contribution in [-0.2, 0) is 6.54 Å². The summed E-state index contributed by atoms with van der Waals surface area (Å²) in [6.07, 6.45) is 1.99. The minimum atomic E-state index is 0.431. The van der Waals surface area contributed by atoms with Crippen molar-refractivity contribution in [2.75, 3.05) is 19.7 Å². The molecule has 0 unspecified atom stereocenters. The van der Waals surface area contributed by atoms with Gasteiger partial charge >= 0.3 is 0 Å². The van der Waals surface area contributed by atoms with E-state index in [0.29, 0.717) is 19.0 Å². The summed E-state index contributed by atoms with van der Waals surface area (Å²) in [5, 5.41) is 6.57. The van der Waals surface area contributed by atoms with Gasteiger partial charge in [-0.1, -0.05) is 17.7 Å². The molecule has 1 heterocycles. The Labute approximate surface area is 156 Å². The average molecular weight is 358 g/mol. The zero-order valence-corrected chi connectivity index (χ0v) is 16.3. The smallest absolute Gasteiger partial charge is 0.216 e. The Kier molecular flexibility index (Phi) is 7.99. The van der Waals surface area contributed by atoms with E-state index in [9.17, 15) is 0 Å². The third-order valence-corrected chi connectivity index (χ3v) is 3.94. The summed E-state index contributed by atoms with van der Waals surface area (Å²) >= 11 is 0. The van der Waals surface area contributed by atoms with Crippen molar-refractivity contribution in [3.8, 4) is 5.75 Å². The van der Waals surface area contributed by atoms with Crippen LogP contribution in [0.1, 0.15) is 42.7 Å². The molecule has 0 saturated heterocycles. The predicted octanol–water partition coefficient (Wildman–Crippen LogP) is 3.51. The van der Waals surface area contributed by atoms with E-state index in [1.54, 1.807) is 0 Å². The number of hydrogen-bond acceptors (Lipinski definition) is 4. The van der Waals surface area contributed by atoms with Gasteiger partial charge in [-0.25, -0.2) is 9.98 Å². The average Bonchev–Trinajstić information content (AvgIpc) is 2.95. The molecule has 0 amide bonds. The molecule has 2 N–H and O–H groups in total. The van der Waals surface area contributed by atoms with E-state index in [1.165, 1.54) is 5.56 Å². The number of hydrogen-bond donors (Lipinski definition) is 2. The van der Waals surface area contributed by atoms with E-state index in [-0.39, 0.29) is 0 Å². The zero-order chi connectivity index (χ0) is 18.8. The van der Waals surface area contributed by atoms with Gasteiger partial charge in [0.25, 0.3) is 0 Å². The molecule has 0 radical (unpaired) electrons. The predicted molar refractivity (Wildman–Crippen MR) is 105 cm³/mol. The Morgan fingerprint density at radius 1 is 1.12 bits per heavy atom. The first kappa shape index (κ1) is 19.8. The summed E-state index contributed by atoms with van der Waals surface area (Å²) in [6, 6.07) is 8.14. The normalized spacial score (nSPS) is 11.5. The lowest BCUT2D eigenvalue weighted by atomic mass is 10.2. The van der Waals surface area contributed by atoms with Gasteiger partial charge in [0.1, 0.15) is 18.1 Å². The number of benzene rings is 1. The van der Waals surface area contributed by atoms with Gasteiger partial charge in [-0.2, -0.15) is 0 Å². The van der Waals surface area contributed by atoms with Gasteiger partial charge in [-0.3, -0.25) is 0 Å². The fraction of sp³-hybridized carbons (Fsp3) is 0.500. The van der Waals surface area contributed by atoms with Crippen molar-refractivity contribution in [3.63, 3.8) is 0 Å². The minimum absolute atomic E-state index is 0.431. The van der Waals surface area contributed by atoms with Gasteiger partial charge in [-0.05, 0) is 52.7 Å². The van der Waals surface area contributed by atoms with Crippen LogP contribution in [-0.4, -0.2) is 30.6 Å². The van der Waals surface area contributed by atoms with Gasteiger partial charge in [-0.15, -0.1) is 0 Å². The number of unbranched alkanes of at least 4 members (excludes halogenated alkanes) is 1. The second-order valence-corrected chi connectivity index (χ2v) is 6.24. The summed E-state index contributed by atoms with van der Waals surface area (Å²) < 4.78 is 11.3. The Morgan fingerprint density at radius 2 is 1.88 bits per heavy atom. The number of aryl methyl sites for hydroxylation is 3. The molecular weight excluding hydrogens is 328 g/mol. The minimum Gasteiger partial charge on any atom is -0.494 e. The molecule has 2 aromatic rings. The summed E-state index contributed by atoms with van der Waals surface area (Å²) in [5.41, 5.74) is 2.16. The van der Waals surface area contributed by atoms with Crippen LogP contribution in [0.25, 0.3) is 0 Å². The monoisotopic (exact) mass is 358 g/mol. The Bertz CT molecular complexity index is 673. The number of rotatable bonds is 9. The molecule has 1 aromatic heterocycles. The first-order valence-electron chi connectivity index (χ1n) is 9.23. The third kappa shape index (κ3) is 6.78. The first-order valence-corrected chi connectivity index (χ1v) is 9.23. The van der Waals surface area contributed by atoms with Crippen LogP contribution >= 0.6 is 0 Å². The highest BCUT2D eigenvalue weighted by Gasteiger charge is 2.05.